The quantitative estimate of drug-likeness (QED) is 0.0814. The van der Waals surface area contributed by atoms with Crippen LogP contribution in [0.2, 0.25) is 0 Å². The van der Waals surface area contributed by atoms with Gasteiger partial charge in [0.15, 0.2) is 44.0 Å². The van der Waals surface area contributed by atoms with Crippen molar-refractivity contribution in [1.82, 2.24) is 0 Å². The molecule has 7 aliphatic rings. The smallest absolute Gasteiger partial charge is 0.187 e. The third-order valence-electron chi connectivity index (χ3n) is 13.6. The SMILES string of the molecule is C[C@@H]1O[C@@H](O[C@H]2[C@H](O)[C@@H](C)O[C@@H](O)[C@@H]2O[C@@H]2O[C@@H](C)[C@H](O[C@@H]3OC[C@@H](O)[C@H](O[C@@H]4O[C@@H](C)[C@H](O)[C@@H](O)[C@H]4O[C@@H]4O[C@H](CO)[C@H](O)[C@H](O)[C@H]4O)[C@H]3O)[C@@H](O[C@@H]3OC[C@@H](O)[C@H](O)[C@H]3O)[C@H]2O)[C@H](O)[C@H](O)[C@H]1O. The molecule has 0 radical (unpaired) electrons. The largest absolute Gasteiger partial charge is 0.394 e. The summed E-state index contributed by atoms with van der Waals surface area (Å²) < 4.78 is 74.9. The highest BCUT2D eigenvalue weighted by molar-refractivity contribution is 4.99. The predicted molar refractivity (Wildman–Crippen MR) is 214 cm³/mol. The van der Waals surface area contributed by atoms with Crippen LogP contribution >= 0.6 is 0 Å². The molecule has 7 heterocycles. The van der Waals surface area contributed by atoms with Crippen molar-refractivity contribution in [2.75, 3.05) is 19.8 Å². The molecule has 0 unspecified atom stereocenters. The Balaban J connectivity index is 1.11. The zero-order chi connectivity index (χ0) is 51.4. The number of ether oxygens (including phenoxy) is 13. The molecule has 0 bridgehead atoms. The summed E-state index contributed by atoms with van der Waals surface area (Å²) in [6, 6.07) is 0. The Morgan fingerprint density at radius 2 is 0.729 bits per heavy atom. The van der Waals surface area contributed by atoms with Crippen LogP contribution in [-0.2, 0) is 61.6 Å². The summed E-state index contributed by atoms with van der Waals surface area (Å²) in [5.41, 5.74) is 0. The van der Waals surface area contributed by atoms with Crippen molar-refractivity contribution in [3.63, 3.8) is 0 Å². The maximum atomic E-state index is 12.0. The third-order valence-corrected chi connectivity index (χ3v) is 13.6. The molecule has 30 heteroatoms. The van der Waals surface area contributed by atoms with E-state index in [4.69, 9.17) is 61.6 Å². The van der Waals surface area contributed by atoms with Gasteiger partial charge in [-0.05, 0) is 27.7 Å². The van der Waals surface area contributed by atoms with Gasteiger partial charge in [-0.2, -0.15) is 0 Å². The van der Waals surface area contributed by atoms with Crippen molar-refractivity contribution in [1.29, 1.82) is 0 Å². The zero-order valence-corrected chi connectivity index (χ0v) is 38.1. The van der Waals surface area contributed by atoms with Crippen LogP contribution in [0.3, 0.4) is 0 Å². The van der Waals surface area contributed by atoms with Gasteiger partial charge in [-0.3, -0.25) is 0 Å². The van der Waals surface area contributed by atoms with Crippen LogP contribution in [0.5, 0.6) is 0 Å². The Bertz CT molecular complexity index is 1640. The Morgan fingerprint density at radius 1 is 0.314 bits per heavy atom. The minimum atomic E-state index is -2.09. The van der Waals surface area contributed by atoms with Gasteiger partial charge in [0.2, 0.25) is 0 Å². The second-order valence-electron chi connectivity index (χ2n) is 18.6. The number of aliphatic hydroxyl groups excluding tert-OH is 17. The van der Waals surface area contributed by atoms with Gasteiger partial charge in [0.05, 0.1) is 44.2 Å². The first-order valence-electron chi connectivity index (χ1n) is 22.9. The van der Waals surface area contributed by atoms with Crippen LogP contribution in [0.15, 0.2) is 0 Å². The highest BCUT2D eigenvalue weighted by atomic mass is 16.8. The van der Waals surface area contributed by atoms with Crippen molar-refractivity contribution < 1.29 is 148 Å². The van der Waals surface area contributed by atoms with E-state index in [9.17, 15) is 86.8 Å². The summed E-state index contributed by atoms with van der Waals surface area (Å²) in [6.45, 7) is 3.37. The van der Waals surface area contributed by atoms with E-state index in [-0.39, 0.29) is 0 Å². The summed E-state index contributed by atoms with van der Waals surface area (Å²) in [5, 5.41) is 183. The lowest BCUT2D eigenvalue weighted by atomic mass is 9.96. The summed E-state index contributed by atoms with van der Waals surface area (Å²) in [6.07, 6.45) is -56.9. The summed E-state index contributed by atoms with van der Waals surface area (Å²) in [4.78, 5) is 0. The van der Waals surface area contributed by atoms with E-state index in [1.54, 1.807) is 0 Å². The van der Waals surface area contributed by atoms with E-state index in [0.717, 1.165) is 0 Å². The number of aliphatic hydroxyl groups is 17. The summed E-state index contributed by atoms with van der Waals surface area (Å²) >= 11 is 0. The van der Waals surface area contributed by atoms with E-state index in [1.165, 1.54) is 27.7 Å². The Kier molecular flexibility index (Phi) is 18.9. The minimum absolute atomic E-state index is 0.570. The van der Waals surface area contributed by atoms with E-state index in [1.807, 2.05) is 0 Å². The fraction of sp³-hybridized carbons (Fsp3) is 1.00. The molecule has 70 heavy (non-hydrogen) atoms. The maximum Gasteiger partial charge on any atom is 0.187 e. The highest BCUT2D eigenvalue weighted by Gasteiger charge is 2.57. The molecule has 17 N–H and O–H groups in total. The molecule has 7 saturated heterocycles. The lowest BCUT2D eigenvalue weighted by molar-refractivity contribution is -0.404. The lowest BCUT2D eigenvalue weighted by Gasteiger charge is -2.50. The number of hydrogen-bond donors (Lipinski definition) is 17. The van der Waals surface area contributed by atoms with Crippen LogP contribution in [-0.4, -0.2) is 309 Å². The molecule has 0 amide bonds. The molecule has 33 atom stereocenters. The van der Waals surface area contributed by atoms with Crippen molar-refractivity contribution in [2.24, 2.45) is 0 Å². The number of rotatable bonds is 13. The first-order chi connectivity index (χ1) is 32.9. The van der Waals surface area contributed by atoms with Crippen LogP contribution in [0.1, 0.15) is 27.7 Å². The summed E-state index contributed by atoms with van der Waals surface area (Å²) in [5.74, 6) is 0. The predicted octanol–water partition coefficient (Wildman–Crippen LogP) is -10.9. The normalized spacial score (nSPS) is 56.1. The van der Waals surface area contributed by atoms with Crippen LogP contribution < -0.4 is 0 Å². The first kappa shape index (κ1) is 56.5. The van der Waals surface area contributed by atoms with Gasteiger partial charge in [-0.15, -0.1) is 0 Å². The maximum absolute atomic E-state index is 12.0. The zero-order valence-electron chi connectivity index (χ0n) is 38.1. The summed E-state index contributed by atoms with van der Waals surface area (Å²) in [7, 11) is 0. The highest BCUT2D eigenvalue weighted by Crippen LogP contribution is 2.38. The Hall–Kier alpha value is -1.20. The lowest BCUT2D eigenvalue weighted by Crippen LogP contribution is -2.67. The fourth-order valence-electron chi connectivity index (χ4n) is 9.20. The Labute approximate surface area is 398 Å². The van der Waals surface area contributed by atoms with Gasteiger partial charge in [0.25, 0.3) is 0 Å². The number of hydrogen-bond acceptors (Lipinski definition) is 30. The fourth-order valence-corrected chi connectivity index (χ4v) is 9.20. The molecule has 30 nitrogen and oxygen atoms in total. The van der Waals surface area contributed by atoms with Gasteiger partial charge in [-0.1, -0.05) is 0 Å². The first-order valence-corrected chi connectivity index (χ1v) is 22.9. The molecule has 408 valence electrons. The van der Waals surface area contributed by atoms with Crippen LogP contribution in [0, 0.1) is 0 Å². The van der Waals surface area contributed by atoms with Crippen LogP contribution in [0.25, 0.3) is 0 Å². The van der Waals surface area contributed by atoms with Gasteiger partial charge in [0.1, 0.15) is 134 Å². The van der Waals surface area contributed by atoms with Gasteiger partial charge in [0, 0.05) is 0 Å². The van der Waals surface area contributed by atoms with E-state index in [2.05, 4.69) is 0 Å². The second kappa shape index (κ2) is 23.4. The van der Waals surface area contributed by atoms with Gasteiger partial charge in [-0.25, -0.2) is 0 Å². The second-order valence-corrected chi connectivity index (χ2v) is 18.6. The average Bonchev–Trinajstić information content (AvgIpc) is 3.32. The molecule has 0 aromatic rings. The van der Waals surface area contributed by atoms with Crippen molar-refractivity contribution in [2.45, 2.75) is 230 Å². The molecular formula is C40H68O30. The van der Waals surface area contributed by atoms with Crippen molar-refractivity contribution in [3.05, 3.63) is 0 Å². The third kappa shape index (κ3) is 11.5. The molecule has 7 fully saturated rings. The molecule has 0 aromatic carbocycles. The van der Waals surface area contributed by atoms with Gasteiger partial charge >= 0.3 is 0 Å². The van der Waals surface area contributed by atoms with E-state index >= 15 is 0 Å². The van der Waals surface area contributed by atoms with E-state index in [0.29, 0.717) is 0 Å². The van der Waals surface area contributed by atoms with Gasteiger partial charge < -0.3 is 148 Å². The van der Waals surface area contributed by atoms with Crippen molar-refractivity contribution in [3.8, 4) is 0 Å². The molecule has 0 saturated carbocycles. The molecule has 0 spiro atoms. The van der Waals surface area contributed by atoms with Crippen molar-refractivity contribution >= 4 is 0 Å². The Morgan fingerprint density at radius 3 is 1.37 bits per heavy atom. The molecule has 7 aliphatic heterocycles. The minimum Gasteiger partial charge on any atom is -0.394 e. The molecular weight excluding hydrogens is 960 g/mol. The topological polar surface area (TPSA) is 464 Å². The molecule has 7 rings (SSSR count). The molecule has 0 aromatic heterocycles. The van der Waals surface area contributed by atoms with Crippen LogP contribution in [0.4, 0.5) is 0 Å². The van der Waals surface area contributed by atoms with E-state index < -0.39 is 223 Å². The monoisotopic (exact) mass is 1030 g/mol. The molecule has 0 aliphatic carbocycles. The standard InChI is InChI=1S/C40H68O30/c1-8-15(44)20(49)24(53)37(61-8)68-30-17(46)10(3)60-34(57)33(30)70-39-27(56)31(67-35-23(52)18(47)12(42)6-58-35)28(11(4)63-39)65-36-26(55)29(13(43)7-59-36)66-40-32(22(51)16(45)9(2)62-40)69-38-25(54)21(50)19(48)14(5-41)64-38/h8-57H,5-7H2,1-4H3/t8-,9-,10+,11-,12+,13+,14+,15-,16-,17+,18-,19-,20+,21-,22+,23+,24+,25+,26+,27+,28-,29-,30-,31-,32+,33+,34+,35-,36-,37-,38-,39-,40-/m0/s1. The average molecular weight is 1030 g/mol.